The lowest BCUT2D eigenvalue weighted by molar-refractivity contribution is -0.168. The van der Waals surface area contributed by atoms with Crippen molar-refractivity contribution in [3.63, 3.8) is 0 Å². The molecule has 0 aromatic carbocycles. The maximum absolute atomic E-state index is 11.6. The second-order valence-corrected chi connectivity index (χ2v) is 6.64. The van der Waals surface area contributed by atoms with Crippen molar-refractivity contribution in [2.24, 2.45) is 5.92 Å². The molecule has 0 amide bonds. The molecular weight excluding hydrogens is 296 g/mol. The van der Waals surface area contributed by atoms with Crippen molar-refractivity contribution in [1.29, 1.82) is 0 Å². The number of esters is 2. The molecule has 0 radical (unpaired) electrons. The molecule has 2 rings (SSSR count). The lowest BCUT2D eigenvalue weighted by Gasteiger charge is -2.49. The first kappa shape index (κ1) is 18.2. The van der Waals surface area contributed by atoms with Gasteiger partial charge in [-0.2, -0.15) is 0 Å². The average molecular weight is 326 g/mol. The largest absolute Gasteiger partial charge is 0.461 e. The minimum atomic E-state index is -0.268. The molecule has 0 aliphatic carbocycles. The highest BCUT2D eigenvalue weighted by molar-refractivity contribution is 5.67. The maximum atomic E-state index is 11.6. The van der Waals surface area contributed by atoms with Crippen LogP contribution in [0.5, 0.6) is 0 Å². The number of carbonyl (C=O) groups is 2. The van der Waals surface area contributed by atoms with Crippen molar-refractivity contribution < 1.29 is 19.1 Å². The Bertz CT molecular complexity index is 438. The van der Waals surface area contributed by atoms with E-state index < -0.39 is 0 Å². The van der Waals surface area contributed by atoms with E-state index in [0.29, 0.717) is 6.04 Å². The van der Waals surface area contributed by atoms with E-state index in [9.17, 15) is 9.59 Å². The van der Waals surface area contributed by atoms with Gasteiger partial charge in [0, 0.05) is 38.9 Å². The molecule has 0 unspecified atom stereocenters. The zero-order valence-corrected chi connectivity index (χ0v) is 14.9. The van der Waals surface area contributed by atoms with Crippen LogP contribution in [-0.4, -0.2) is 72.2 Å². The summed E-state index contributed by atoms with van der Waals surface area (Å²) in [6, 6.07) is 0.325. The van der Waals surface area contributed by atoms with Gasteiger partial charge in [-0.05, 0) is 19.5 Å². The molecule has 132 valence electrons. The summed E-state index contributed by atoms with van der Waals surface area (Å²) in [6.45, 7) is 13.1. The van der Waals surface area contributed by atoms with E-state index in [1.165, 1.54) is 13.8 Å². The van der Waals surface area contributed by atoms with Gasteiger partial charge < -0.3 is 9.47 Å². The minimum absolute atomic E-state index is 0.0235. The summed E-state index contributed by atoms with van der Waals surface area (Å²) in [7, 11) is 0. The second-order valence-electron chi connectivity index (χ2n) is 6.64. The van der Waals surface area contributed by atoms with Gasteiger partial charge in [-0.15, -0.1) is 0 Å². The first-order valence-electron chi connectivity index (χ1n) is 8.71. The molecule has 0 aromatic heterocycles. The van der Waals surface area contributed by atoms with E-state index in [-0.39, 0.29) is 36.1 Å². The molecule has 2 saturated heterocycles. The number of likely N-dealkylation sites (N-methyl/N-ethyl adjacent to an activating group) is 1. The monoisotopic (exact) mass is 326 g/mol. The summed E-state index contributed by atoms with van der Waals surface area (Å²) < 4.78 is 11.2. The number of fused-ring (bicyclic) bond motifs is 1. The van der Waals surface area contributed by atoms with Crippen molar-refractivity contribution in [3.8, 4) is 0 Å². The summed E-state index contributed by atoms with van der Waals surface area (Å²) in [5.74, 6) is -0.330. The molecular formula is C17H30N2O4. The van der Waals surface area contributed by atoms with Gasteiger partial charge in [0.15, 0.2) is 0 Å². The van der Waals surface area contributed by atoms with Gasteiger partial charge in [0.05, 0.1) is 6.04 Å². The van der Waals surface area contributed by atoms with Crippen LogP contribution >= 0.6 is 0 Å². The van der Waals surface area contributed by atoms with Gasteiger partial charge in [-0.25, -0.2) is 0 Å². The number of ether oxygens (including phenoxy) is 2. The molecule has 0 bridgehead atoms. The topological polar surface area (TPSA) is 59.1 Å². The highest BCUT2D eigenvalue weighted by atomic mass is 16.6. The van der Waals surface area contributed by atoms with Crippen LogP contribution in [0.25, 0.3) is 0 Å². The molecule has 2 aliphatic rings. The van der Waals surface area contributed by atoms with Crippen LogP contribution in [0.1, 0.15) is 41.0 Å². The van der Waals surface area contributed by atoms with E-state index >= 15 is 0 Å². The van der Waals surface area contributed by atoms with Crippen LogP contribution in [0.4, 0.5) is 0 Å². The fourth-order valence-corrected chi connectivity index (χ4v) is 4.27. The van der Waals surface area contributed by atoms with Crippen molar-refractivity contribution in [2.75, 3.05) is 26.2 Å². The lowest BCUT2D eigenvalue weighted by atomic mass is 9.83. The van der Waals surface area contributed by atoms with Crippen LogP contribution in [0.15, 0.2) is 0 Å². The average Bonchev–Trinajstić information content (AvgIpc) is 2.86. The third-order valence-electron chi connectivity index (χ3n) is 5.29. The number of piperidine rings is 1. The summed E-state index contributed by atoms with van der Waals surface area (Å²) in [5.41, 5.74) is 0. The molecule has 0 saturated carbocycles. The summed E-state index contributed by atoms with van der Waals surface area (Å²) in [6.07, 6.45) is 0.385. The quantitative estimate of drug-likeness (QED) is 0.710. The first-order chi connectivity index (χ1) is 10.9. The fourth-order valence-electron chi connectivity index (χ4n) is 4.27. The second kappa shape index (κ2) is 7.62. The third-order valence-corrected chi connectivity index (χ3v) is 5.29. The minimum Gasteiger partial charge on any atom is -0.461 e. The fraction of sp³-hybridized carbons (Fsp3) is 0.882. The highest BCUT2D eigenvalue weighted by Gasteiger charge is 2.51. The van der Waals surface area contributed by atoms with Crippen molar-refractivity contribution in [2.45, 2.75) is 65.3 Å². The summed E-state index contributed by atoms with van der Waals surface area (Å²) >= 11 is 0. The van der Waals surface area contributed by atoms with Crippen molar-refractivity contribution in [3.05, 3.63) is 0 Å². The molecule has 0 N–H and O–H groups in total. The Morgan fingerprint density at radius 1 is 1.13 bits per heavy atom. The lowest BCUT2D eigenvalue weighted by Crippen LogP contribution is -2.63. The Hall–Kier alpha value is -1.14. The SMILES string of the molecule is CCN(CC)[C@H]1CN2CC[C@H](OC(C)=O)[C@@H]2[C@@H](OC(C)=O)[C@@H]1C. The smallest absolute Gasteiger partial charge is 0.302 e. The number of nitrogens with zero attached hydrogens (tertiary/aromatic N) is 2. The van der Waals surface area contributed by atoms with Crippen LogP contribution in [0.3, 0.4) is 0 Å². The van der Waals surface area contributed by atoms with Gasteiger partial charge >= 0.3 is 11.9 Å². The Morgan fingerprint density at radius 3 is 2.26 bits per heavy atom. The van der Waals surface area contributed by atoms with E-state index in [2.05, 4.69) is 30.6 Å². The van der Waals surface area contributed by atoms with Crippen LogP contribution in [0, 0.1) is 5.92 Å². The van der Waals surface area contributed by atoms with Crippen LogP contribution in [0.2, 0.25) is 0 Å². The Labute approximate surface area is 139 Å². The Morgan fingerprint density at radius 2 is 1.74 bits per heavy atom. The van der Waals surface area contributed by atoms with Gasteiger partial charge in [0.25, 0.3) is 0 Å². The Balaban J connectivity index is 2.25. The predicted octanol–water partition coefficient (Wildman–Crippen LogP) is 1.28. The molecule has 2 fully saturated rings. The third kappa shape index (κ3) is 3.86. The number of hydrogen-bond acceptors (Lipinski definition) is 6. The van der Waals surface area contributed by atoms with Crippen molar-refractivity contribution in [1.82, 2.24) is 9.80 Å². The van der Waals surface area contributed by atoms with Gasteiger partial charge in [0.1, 0.15) is 12.2 Å². The van der Waals surface area contributed by atoms with Crippen LogP contribution in [-0.2, 0) is 19.1 Å². The highest BCUT2D eigenvalue weighted by Crippen LogP contribution is 2.36. The number of hydrogen-bond donors (Lipinski definition) is 0. The Kier molecular flexibility index (Phi) is 6.03. The number of rotatable bonds is 5. The molecule has 5 atom stereocenters. The predicted molar refractivity (Wildman–Crippen MR) is 87.0 cm³/mol. The van der Waals surface area contributed by atoms with Crippen molar-refractivity contribution >= 4 is 11.9 Å². The van der Waals surface area contributed by atoms with Gasteiger partial charge in [0.2, 0.25) is 0 Å². The molecule has 6 nitrogen and oxygen atoms in total. The molecule has 2 aliphatic heterocycles. The van der Waals surface area contributed by atoms with E-state index in [1.807, 2.05) is 0 Å². The molecule has 6 heteroatoms. The van der Waals surface area contributed by atoms with E-state index in [1.54, 1.807) is 0 Å². The zero-order valence-electron chi connectivity index (χ0n) is 14.9. The van der Waals surface area contributed by atoms with Gasteiger partial charge in [-0.3, -0.25) is 19.4 Å². The standard InChI is InChI=1S/C17H30N2O4/c1-6-18(7-2)14-10-19-9-8-15(22-12(4)20)16(19)17(11(14)3)23-13(5)21/h11,14-17H,6-10H2,1-5H3/t11-,14+,15+,16-,17+/m1/s1. The molecule has 2 heterocycles. The summed E-state index contributed by atoms with van der Waals surface area (Å²) in [5, 5.41) is 0. The summed E-state index contributed by atoms with van der Waals surface area (Å²) in [4.78, 5) is 27.8. The van der Waals surface area contributed by atoms with E-state index in [0.717, 1.165) is 32.6 Å². The maximum Gasteiger partial charge on any atom is 0.302 e. The number of carbonyl (C=O) groups excluding carboxylic acids is 2. The van der Waals surface area contributed by atoms with E-state index in [4.69, 9.17) is 9.47 Å². The molecule has 23 heavy (non-hydrogen) atoms. The normalized spacial score (nSPS) is 34.3. The zero-order chi connectivity index (χ0) is 17.1. The first-order valence-corrected chi connectivity index (χ1v) is 8.71. The molecule has 0 aromatic rings. The van der Waals surface area contributed by atoms with Crippen LogP contribution < -0.4 is 0 Å². The molecule has 0 spiro atoms. The van der Waals surface area contributed by atoms with Gasteiger partial charge in [-0.1, -0.05) is 20.8 Å².